The number of H-pyrrole nitrogens is 1. The van der Waals surface area contributed by atoms with Gasteiger partial charge in [-0.15, -0.1) is 12.4 Å². The first kappa shape index (κ1) is 18.4. The Balaban J connectivity index is 0.00000208. The molecular formula is C17H20ClFN4O. The highest BCUT2D eigenvalue weighted by molar-refractivity contribution is 5.85. The third-order valence-corrected chi connectivity index (χ3v) is 4.46. The predicted molar refractivity (Wildman–Crippen MR) is 93.8 cm³/mol. The van der Waals surface area contributed by atoms with Crippen molar-refractivity contribution in [3.8, 4) is 6.07 Å². The Hall–Kier alpha value is -1.94. The summed E-state index contributed by atoms with van der Waals surface area (Å²) in [6.07, 6.45) is 2.51. The summed E-state index contributed by atoms with van der Waals surface area (Å²) in [5.41, 5.74) is 6.69. The molecule has 0 saturated carbocycles. The molecule has 24 heavy (non-hydrogen) atoms. The molecule has 0 radical (unpaired) electrons. The summed E-state index contributed by atoms with van der Waals surface area (Å²) in [6, 6.07) is 6.50. The fraction of sp³-hybridized carbons (Fsp3) is 0.412. The molecular weight excluding hydrogens is 331 g/mol. The molecule has 0 amide bonds. The number of nitriles is 1. The van der Waals surface area contributed by atoms with Crippen molar-refractivity contribution in [2.75, 3.05) is 19.6 Å². The van der Waals surface area contributed by atoms with Crippen LogP contribution in [0, 0.1) is 17.1 Å². The van der Waals surface area contributed by atoms with Crippen LogP contribution in [0.25, 0.3) is 10.9 Å². The molecule has 1 aliphatic heterocycles. The second kappa shape index (κ2) is 7.75. The highest BCUT2D eigenvalue weighted by Gasteiger charge is 2.16. The van der Waals surface area contributed by atoms with Crippen molar-refractivity contribution in [2.24, 2.45) is 5.73 Å². The molecule has 1 aromatic heterocycles. The molecule has 5 nitrogen and oxygen atoms in total. The molecule has 0 aliphatic carbocycles. The van der Waals surface area contributed by atoms with Gasteiger partial charge in [-0.25, -0.2) is 4.39 Å². The third kappa shape index (κ3) is 3.93. The second-order valence-corrected chi connectivity index (χ2v) is 6.08. The smallest absolute Gasteiger partial charge is 0.249 e. The molecule has 0 bridgehead atoms. The predicted octanol–water partition coefficient (Wildman–Crippen LogP) is 1.93. The van der Waals surface area contributed by atoms with E-state index in [1.54, 1.807) is 6.07 Å². The third-order valence-electron chi connectivity index (χ3n) is 4.46. The van der Waals surface area contributed by atoms with E-state index in [4.69, 9.17) is 11.0 Å². The van der Waals surface area contributed by atoms with Gasteiger partial charge in [-0.2, -0.15) is 5.26 Å². The summed E-state index contributed by atoms with van der Waals surface area (Å²) >= 11 is 0. The maximum absolute atomic E-state index is 14.3. The van der Waals surface area contributed by atoms with Crippen molar-refractivity contribution >= 4 is 23.3 Å². The second-order valence-electron chi connectivity index (χ2n) is 6.08. The number of halogens is 2. The van der Waals surface area contributed by atoms with Crippen molar-refractivity contribution in [2.45, 2.75) is 25.3 Å². The quantitative estimate of drug-likeness (QED) is 0.885. The first-order valence-electron chi connectivity index (χ1n) is 7.80. The van der Waals surface area contributed by atoms with E-state index < -0.39 is 5.56 Å². The van der Waals surface area contributed by atoms with E-state index >= 15 is 0 Å². The Morgan fingerprint density at radius 2 is 2.04 bits per heavy atom. The van der Waals surface area contributed by atoms with Crippen LogP contribution in [0.2, 0.25) is 0 Å². The number of piperidine rings is 1. The highest BCUT2D eigenvalue weighted by atomic mass is 35.5. The van der Waals surface area contributed by atoms with Gasteiger partial charge in [0.15, 0.2) is 0 Å². The average Bonchev–Trinajstić information content (AvgIpc) is 2.53. The number of nitrogens with zero attached hydrogens (tertiary/aromatic N) is 2. The van der Waals surface area contributed by atoms with Crippen LogP contribution in [0.4, 0.5) is 4.39 Å². The summed E-state index contributed by atoms with van der Waals surface area (Å²) in [4.78, 5) is 16.3. The lowest BCUT2D eigenvalue weighted by Gasteiger charge is -2.30. The normalized spacial score (nSPS) is 15.9. The average molecular weight is 351 g/mol. The monoisotopic (exact) mass is 350 g/mol. The molecule has 1 aliphatic rings. The van der Waals surface area contributed by atoms with Crippen LogP contribution in [-0.4, -0.2) is 35.6 Å². The molecule has 1 saturated heterocycles. The number of rotatable bonds is 3. The van der Waals surface area contributed by atoms with Gasteiger partial charge in [0.05, 0.1) is 11.1 Å². The lowest BCUT2D eigenvalue weighted by atomic mass is 10.0. The van der Waals surface area contributed by atoms with Crippen molar-refractivity contribution in [3.63, 3.8) is 0 Å². The van der Waals surface area contributed by atoms with E-state index in [0.717, 1.165) is 32.5 Å². The zero-order valence-corrected chi connectivity index (χ0v) is 14.0. The number of pyridine rings is 1. The van der Waals surface area contributed by atoms with Gasteiger partial charge < -0.3 is 15.6 Å². The topological polar surface area (TPSA) is 85.9 Å². The zero-order valence-electron chi connectivity index (χ0n) is 13.2. The van der Waals surface area contributed by atoms with Crippen LogP contribution >= 0.6 is 12.4 Å². The highest BCUT2D eigenvalue weighted by Crippen LogP contribution is 2.21. The fourth-order valence-electron chi connectivity index (χ4n) is 3.06. The molecule has 3 rings (SSSR count). The van der Waals surface area contributed by atoms with Gasteiger partial charge in [-0.05, 0) is 50.0 Å². The fourth-order valence-corrected chi connectivity index (χ4v) is 3.06. The number of nitrogens with one attached hydrogen (secondary N) is 1. The Kier molecular flexibility index (Phi) is 5.94. The standard InChI is InChI=1S/C17H19FN4O.ClH/c18-15-9-16-14(12(10-19)8-17(23)21-16)7-11(15)1-4-22-5-2-13(20)3-6-22;/h7-9,13H,1-6,20H2,(H,21,23);1H. The molecule has 0 spiro atoms. The number of benzene rings is 1. The number of likely N-dealkylation sites (tertiary alicyclic amines) is 1. The molecule has 1 fully saturated rings. The molecule has 2 aromatic rings. The molecule has 3 N–H and O–H groups in total. The van der Waals surface area contributed by atoms with Gasteiger partial charge in [0.25, 0.3) is 0 Å². The number of aromatic amines is 1. The maximum atomic E-state index is 14.3. The van der Waals surface area contributed by atoms with Gasteiger partial charge in [0.1, 0.15) is 11.9 Å². The molecule has 128 valence electrons. The van der Waals surface area contributed by atoms with Gasteiger partial charge in [0, 0.05) is 24.0 Å². The number of fused-ring (bicyclic) bond motifs is 1. The summed E-state index contributed by atoms with van der Waals surface area (Å²) in [6.45, 7) is 2.64. The Labute approximate surface area is 145 Å². The summed E-state index contributed by atoms with van der Waals surface area (Å²) in [5.74, 6) is -0.350. The van der Waals surface area contributed by atoms with E-state index in [-0.39, 0.29) is 29.8 Å². The minimum atomic E-state index is -0.397. The maximum Gasteiger partial charge on any atom is 0.249 e. The summed E-state index contributed by atoms with van der Waals surface area (Å²) in [5, 5.41) is 9.75. The SMILES string of the molecule is Cl.N#Cc1cc(=O)[nH]c2cc(F)c(CCN3CCC(N)CC3)cc12. The van der Waals surface area contributed by atoms with Crippen molar-refractivity contribution in [1.82, 2.24) is 9.88 Å². The number of hydrogen-bond acceptors (Lipinski definition) is 4. The first-order chi connectivity index (χ1) is 11.1. The van der Waals surface area contributed by atoms with E-state index in [0.29, 0.717) is 22.9 Å². The molecule has 0 unspecified atom stereocenters. The Morgan fingerprint density at radius 1 is 1.33 bits per heavy atom. The van der Waals surface area contributed by atoms with Crippen LogP contribution in [0.15, 0.2) is 23.0 Å². The van der Waals surface area contributed by atoms with Gasteiger partial charge in [0.2, 0.25) is 5.56 Å². The van der Waals surface area contributed by atoms with Gasteiger partial charge >= 0.3 is 0 Å². The molecule has 1 aromatic carbocycles. The van der Waals surface area contributed by atoms with E-state index in [1.165, 1.54) is 12.1 Å². The van der Waals surface area contributed by atoms with Crippen LogP contribution in [0.5, 0.6) is 0 Å². The number of nitrogens with two attached hydrogens (primary N) is 1. The van der Waals surface area contributed by atoms with Crippen LogP contribution in [0.1, 0.15) is 24.0 Å². The molecule has 7 heteroatoms. The number of aromatic nitrogens is 1. The minimum Gasteiger partial charge on any atom is -0.328 e. The van der Waals surface area contributed by atoms with E-state index in [9.17, 15) is 9.18 Å². The summed E-state index contributed by atoms with van der Waals surface area (Å²) in [7, 11) is 0. The molecule has 2 heterocycles. The van der Waals surface area contributed by atoms with Crippen LogP contribution in [-0.2, 0) is 6.42 Å². The summed E-state index contributed by atoms with van der Waals surface area (Å²) < 4.78 is 14.3. The lowest BCUT2D eigenvalue weighted by molar-refractivity contribution is 0.215. The van der Waals surface area contributed by atoms with Crippen molar-refractivity contribution < 1.29 is 4.39 Å². The van der Waals surface area contributed by atoms with Gasteiger partial charge in [-0.3, -0.25) is 4.79 Å². The van der Waals surface area contributed by atoms with Crippen molar-refractivity contribution in [1.29, 1.82) is 5.26 Å². The van der Waals surface area contributed by atoms with Gasteiger partial charge in [-0.1, -0.05) is 0 Å². The lowest BCUT2D eigenvalue weighted by Crippen LogP contribution is -2.40. The van der Waals surface area contributed by atoms with E-state index in [2.05, 4.69) is 9.88 Å². The van der Waals surface area contributed by atoms with E-state index in [1.807, 2.05) is 6.07 Å². The van der Waals surface area contributed by atoms with Crippen LogP contribution < -0.4 is 11.3 Å². The largest absolute Gasteiger partial charge is 0.328 e. The zero-order chi connectivity index (χ0) is 16.4. The van der Waals surface area contributed by atoms with Crippen molar-refractivity contribution in [3.05, 3.63) is 45.5 Å². The van der Waals surface area contributed by atoms with Crippen LogP contribution in [0.3, 0.4) is 0 Å². The number of hydrogen-bond donors (Lipinski definition) is 2. The first-order valence-corrected chi connectivity index (χ1v) is 7.80. The Morgan fingerprint density at radius 3 is 2.71 bits per heavy atom. The Bertz CT molecular complexity index is 822. The minimum absolute atomic E-state index is 0. The molecule has 0 atom stereocenters.